The van der Waals surface area contributed by atoms with Gasteiger partial charge in [-0.2, -0.15) is 0 Å². The standard InChI is InChI=1S/C17H18N4O2S/c1-10-19-14-12-7-4-8-18-16(12)24-15(14)17(23)21(10)9-13(22)20-11-5-2-3-6-11/h4,7-8,11H,2-3,5-6,9H2,1H3,(H,20,22). The predicted molar refractivity (Wildman–Crippen MR) is 94.3 cm³/mol. The molecule has 0 spiro atoms. The number of fused-ring (bicyclic) bond motifs is 3. The van der Waals surface area contributed by atoms with Crippen molar-refractivity contribution in [3.05, 3.63) is 34.5 Å². The van der Waals surface area contributed by atoms with Crippen molar-refractivity contribution >= 4 is 37.7 Å². The first-order valence-electron chi connectivity index (χ1n) is 8.17. The topological polar surface area (TPSA) is 76.9 Å². The Morgan fingerprint density at radius 1 is 1.42 bits per heavy atom. The minimum atomic E-state index is -0.165. The van der Waals surface area contributed by atoms with Crippen LogP contribution in [-0.2, 0) is 11.3 Å². The molecular weight excluding hydrogens is 324 g/mol. The number of nitrogens with zero attached hydrogens (tertiary/aromatic N) is 3. The highest BCUT2D eigenvalue weighted by Crippen LogP contribution is 2.28. The van der Waals surface area contributed by atoms with Gasteiger partial charge in [0.2, 0.25) is 5.91 Å². The van der Waals surface area contributed by atoms with Crippen molar-refractivity contribution in [2.45, 2.75) is 45.2 Å². The smallest absolute Gasteiger partial charge is 0.272 e. The molecule has 24 heavy (non-hydrogen) atoms. The lowest BCUT2D eigenvalue weighted by Crippen LogP contribution is -2.38. The second kappa shape index (κ2) is 5.98. The number of nitrogens with one attached hydrogen (secondary N) is 1. The summed E-state index contributed by atoms with van der Waals surface area (Å²) in [5.74, 6) is 0.435. The molecule has 1 amide bonds. The molecule has 1 saturated carbocycles. The van der Waals surface area contributed by atoms with Crippen LogP contribution in [0.25, 0.3) is 20.4 Å². The van der Waals surface area contributed by atoms with Crippen molar-refractivity contribution in [3.8, 4) is 0 Å². The van der Waals surface area contributed by atoms with Crippen LogP contribution < -0.4 is 10.9 Å². The quantitative estimate of drug-likeness (QED) is 0.793. The molecule has 0 aliphatic heterocycles. The maximum atomic E-state index is 12.8. The Morgan fingerprint density at radius 3 is 3.00 bits per heavy atom. The summed E-state index contributed by atoms with van der Waals surface area (Å²) in [5.41, 5.74) is 0.514. The van der Waals surface area contributed by atoms with E-state index in [9.17, 15) is 9.59 Å². The van der Waals surface area contributed by atoms with Crippen LogP contribution in [0.15, 0.2) is 23.1 Å². The van der Waals surface area contributed by atoms with Crippen LogP contribution in [0.1, 0.15) is 31.5 Å². The SMILES string of the molecule is Cc1nc2c(sc3ncccc32)c(=O)n1CC(=O)NC1CCCC1. The number of amides is 1. The normalized spacial score (nSPS) is 15.4. The van der Waals surface area contributed by atoms with Crippen molar-refractivity contribution in [3.63, 3.8) is 0 Å². The van der Waals surface area contributed by atoms with E-state index in [0.717, 1.165) is 35.9 Å². The van der Waals surface area contributed by atoms with E-state index in [2.05, 4.69) is 15.3 Å². The Balaban J connectivity index is 1.71. The number of pyridine rings is 1. The molecule has 1 aliphatic carbocycles. The Morgan fingerprint density at radius 2 is 2.21 bits per heavy atom. The van der Waals surface area contributed by atoms with Gasteiger partial charge in [0.05, 0.1) is 5.52 Å². The summed E-state index contributed by atoms with van der Waals surface area (Å²) in [4.78, 5) is 34.7. The number of aryl methyl sites for hydroxylation is 1. The maximum Gasteiger partial charge on any atom is 0.272 e. The fourth-order valence-corrected chi connectivity index (χ4v) is 4.37. The molecule has 3 aromatic heterocycles. The molecule has 0 radical (unpaired) electrons. The Labute approximate surface area is 142 Å². The number of thiophene rings is 1. The van der Waals surface area contributed by atoms with E-state index in [0.29, 0.717) is 16.0 Å². The summed E-state index contributed by atoms with van der Waals surface area (Å²) in [6, 6.07) is 4.01. The first kappa shape index (κ1) is 15.3. The summed E-state index contributed by atoms with van der Waals surface area (Å²) >= 11 is 1.33. The van der Waals surface area contributed by atoms with Gasteiger partial charge in [-0.15, -0.1) is 11.3 Å². The molecule has 3 aromatic rings. The zero-order valence-electron chi connectivity index (χ0n) is 13.4. The fourth-order valence-electron chi connectivity index (χ4n) is 3.34. The van der Waals surface area contributed by atoms with Crippen molar-refractivity contribution in [2.24, 2.45) is 0 Å². The van der Waals surface area contributed by atoms with Crippen molar-refractivity contribution in [1.29, 1.82) is 0 Å². The molecule has 0 atom stereocenters. The maximum absolute atomic E-state index is 12.8. The van der Waals surface area contributed by atoms with Crippen molar-refractivity contribution in [1.82, 2.24) is 19.9 Å². The highest BCUT2D eigenvalue weighted by Gasteiger charge is 2.19. The van der Waals surface area contributed by atoms with Gasteiger partial charge in [-0.1, -0.05) is 12.8 Å². The van der Waals surface area contributed by atoms with E-state index >= 15 is 0 Å². The number of aromatic nitrogens is 3. The monoisotopic (exact) mass is 342 g/mol. The third-order valence-corrected chi connectivity index (χ3v) is 5.66. The van der Waals surface area contributed by atoms with Crippen LogP contribution in [0.3, 0.4) is 0 Å². The molecule has 124 valence electrons. The molecule has 4 rings (SSSR count). The Kier molecular flexibility index (Phi) is 3.80. The Hall–Kier alpha value is -2.28. The highest BCUT2D eigenvalue weighted by atomic mass is 32.1. The van der Waals surface area contributed by atoms with E-state index in [-0.39, 0.29) is 24.1 Å². The summed E-state index contributed by atoms with van der Waals surface area (Å²) in [5, 5.41) is 3.91. The number of carbonyl (C=O) groups is 1. The van der Waals surface area contributed by atoms with Crippen LogP contribution in [0.5, 0.6) is 0 Å². The summed E-state index contributed by atoms with van der Waals surface area (Å²) in [6.07, 6.45) is 6.08. The first-order chi connectivity index (χ1) is 11.6. The van der Waals surface area contributed by atoms with Gasteiger partial charge in [0.1, 0.15) is 21.9 Å². The lowest BCUT2D eigenvalue weighted by Gasteiger charge is -2.14. The van der Waals surface area contributed by atoms with Crippen molar-refractivity contribution in [2.75, 3.05) is 0 Å². The molecule has 1 N–H and O–H groups in total. The average molecular weight is 342 g/mol. The zero-order chi connectivity index (χ0) is 16.7. The summed E-state index contributed by atoms with van der Waals surface area (Å²) < 4.78 is 2.02. The third-order valence-electron chi connectivity index (χ3n) is 4.57. The number of carbonyl (C=O) groups excluding carboxylic acids is 1. The van der Waals surface area contributed by atoms with Crippen LogP contribution in [-0.4, -0.2) is 26.5 Å². The van der Waals surface area contributed by atoms with Gasteiger partial charge in [0.25, 0.3) is 5.56 Å². The van der Waals surface area contributed by atoms with Crippen molar-refractivity contribution < 1.29 is 4.79 Å². The number of hydrogen-bond donors (Lipinski definition) is 1. The molecule has 1 aliphatic rings. The van der Waals surface area contributed by atoms with Gasteiger partial charge < -0.3 is 5.32 Å². The number of rotatable bonds is 3. The lowest BCUT2D eigenvalue weighted by atomic mass is 10.2. The largest absolute Gasteiger partial charge is 0.352 e. The second-order valence-electron chi connectivity index (χ2n) is 6.24. The van der Waals surface area contributed by atoms with Gasteiger partial charge in [-0.25, -0.2) is 9.97 Å². The van der Waals surface area contributed by atoms with E-state index in [1.54, 1.807) is 13.1 Å². The molecule has 6 nitrogen and oxygen atoms in total. The first-order valence-corrected chi connectivity index (χ1v) is 8.99. The zero-order valence-corrected chi connectivity index (χ0v) is 14.2. The van der Waals surface area contributed by atoms with Gasteiger partial charge in [0.15, 0.2) is 0 Å². The van der Waals surface area contributed by atoms with E-state index in [1.165, 1.54) is 15.9 Å². The molecule has 0 bridgehead atoms. The number of hydrogen-bond acceptors (Lipinski definition) is 5. The molecule has 7 heteroatoms. The van der Waals surface area contributed by atoms with Crippen LogP contribution in [0.2, 0.25) is 0 Å². The third kappa shape index (κ3) is 2.58. The molecule has 0 aromatic carbocycles. The molecule has 1 fully saturated rings. The summed E-state index contributed by atoms with van der Waals surface area (Å²) in [7, 11) is 0. The summed E-state index contributed by atoms with van der Waals surface area (Å²) in [6.45, 7) is 1.79. The molecule has 0 unspecified atom stereocenters. The van der Waals surface area contributed by atoms with E-state index in [1.807, 2.05) is 12.1 Å². The minimum Gasteiger partial charge on any atom is -0.352 e. The van der Waals surface area contributed by atoms with Gasteiger partial charge >= 0.3 is 0 Å². The van der Waals surface area contributed by atoms with E-state index < -0.39 is 0 Å². The average Bonchev–Trinajstić information content (AvgIpc) is 3.19. The Bertz CT molecular complexity index is 985. The lowest BCUT2D eigenvalue weighted by molar-refractivity contribution is -0.122. The van der Waals surface area contributed by atoms with Crippen LogP contribution in [0.4, 0.5) is 0 Å². The van der Waals surface area contributed by atoms with Gasteiger partial charge in [-0.3, -0.25) is 14.2 Å². The highest BCUT2D eigenvalue weighted by molar-refractivity contribution is 7.25. The fraction of sp³-hybridized carbons (Fsp3) is 0.412. The predicted octanol–water partition coefficient (Wildman–Crippen LogP) is 2.37. The minimum absolute atomic E-state index is 0.0196. The van der Waals surface area contributed by atoms with Gasteiger partial charge in [-0.05, 0) is 31.9 Å². The van der Waals surface area contributed by atoms with Crippen LogP contribution >= 0.6 is 11.3 Å². The second-order valence-corrected chi connectivity index (χ2v) is 7.23. The molecule has 3 heterocycles. The molecular formula is C17H18N4O2S. The van der Waals surface area contributed by atoms with E-state index in [4.69, 9.17) is 0 Å². The van der Waals surface area contributed by atoms with Gasteiger partial charge in [0, 0.05) is 17.6 Å². The van der Waals surface area contributed by atoms with Crippen LogP contribution in [0, 0.1) is 6.92 Å². The molecule has 0 saturated heterocycles.